The molecule has 1 aliphatic rings. The zero-order valence-electron chi connectivity index (χ0n) is 19.0. The zero-order valence-corrected chi connectivity index (χ0v) is 19.0. The van der Waals surface area contributed by atoms with Crippen LogP contribution < -0.4 is 10.1 Å². The summed E-state index contributed by atoms with van der Waals surface area (Å²) in [4.78, 5) is 39.3. The summed E-state index contributed by atoms with van der Waals surface area (Å²) in [5.41, 5.74) is 1.00. The van der Waals surface area contributed by atoms with Crippen LogP contribution in [-0.2, 0) is 11.2 Å². The van der Waals surface area contributed by atoms with Crippen molar-refractivity contribution in [2.45, 2.75) is 52.2 Å². The maximum atomic E-state index is 12.8. The summed E-state index contributed by atoms with van der Waals surface area (Å²) < 4.78 is 11.1. The Hall–Kier alpha value is -3.35. The van der Waals surface area contributed by atoms with Gasteiger partial charge in [0.2, 0.25) is 0 Å². The van der Waals surface area contributed by atoms with Crippen molar-refractivity contribution >= 4 is 17.9 Å². The van der Waals surface area contributed by atoms with Gasteiger partial charge in [0.05, 0.1) is 30.3 Å². The fraction of sp³-hybridized carbons (Fsp3) is 0.400. The van der Waals surface area contributed by atoms with Crippen molar-refractivity contribution in [2.75, 3.05) is 13.2 Å². The van der Waals surface area contributed by atoms with Gasteiger partial charge in [0.25, 0.3) is 11.8 Å². The normalized spacial score (nSPS) is 14.2. The van der Waals surface area contributed by atoms with Crippen molar-refractivity contribution < 1.29 is 23.9 Å². The molecule has 170 valence electrons. The van der Waals surface area contributed by atoms with E-state index in [2.05, 4.69) is 5.32 Å². The Labute approximate surface area is 188 Å². The second-order valence-corrected chi connectivity index (χ2v) is 8.81. The van der Waals surface area contributed by atoms with E-state index in [1.54, 1.807) is 45.0 Å². The van der Waals surface area contributed by atoms with Gasteiger partial charge in [-0.15, -0.1) is 0 Å². The standard InChI is InChI=1S/C25H30N2O5/c1-5-13-31-19-10-8-9-17(15-19)14-18(26-24(30)32-25(2,3)4)16-27-22(28)20-11-6-7-12-21(20)23(27)29/h6-12,15,18H,5,13-14,16H2,1-4H3,(H,26,30). The number of rotatable bonds is 8. The molecule has 1 N–H and O–H groups in total. The third-order valence-electron chi connectivity index (χ3n) is 4.86. The largest absolute Gasteiger partial charge is 0.494 e. The van der Waals surface area contributed by atoms with Crippen molar-refractivity contribution in [1.82, 2.24) is 10.2 Å². The number of hydrogen-bond donors (Lipinski definition) is 1. The van der Waals surface area contributed by atoms with Crippen LogP contribution in [0.4, 0.5) is 4.79 Å². The van der Waals surface area contributed by atoms with Gasteiger partial charge in [-0.1, -0.05) is 31.2 Å². The molecule has 0 fully saturated rings. The average molecular weight is 439 g/mol. The van der Waals surface area contributed by atoms with E-state index in [0.717, 1.165) is 17.7 Å². The quantitative estimate of drug-likeness (QED) is 0.624. The molecule has 7 nitrogen and oxygen atoms in total. The molecule has 1 atom stereocenters. The van der Waals surface area contributed by atoms with Gasteiger partial charge < -0.3 is 14.8 Å². The van der Waals surface area contributed by atoms with Gasteiger partial charge in [0.1, 0.15) is 11.4 Å². The molecular formula is C25H30N2O5. The number of amides is 3. The van der Waals surface area contributed by atoms with Gasteiger partial charge in [0, 0.05) is 0 Å². The van der Waals surface area contributed by atoms with Crippen molar-refractivity contribution in [3.05, 3.63) is 65.2 Å². The first-order chi connectivity index (χ1) is 15.2. The molecule has 1 heterocycles. The number of imide groups is 1. The van der Waals surface area contributed by atoms with Crippen molar-refractivity contribution in [3.63, 3.8) is 0 Å². The molecular weight excluding hydrogens is 408 g/mol. The Kier molecular flexibility index (Phi) is 7.18. The Morgan fingerprint density at radius 2 is 1.69 bits per heavy atom. The van der Waals surface area contributed by atoms with Gasteiger partial charge in [-0.25, -0.2) is 4.79 Å². The highest BCUT2D eigenvalue weighted by molar-refractivity contribution is 6.21. The molecule has 0 aliphatic carbocycles. The molecule has 0 radical (unpaired) electrons. The molecule has 32 heavy (non-hydrogen) atoms. The fourth-order valence-electron chi connectivity index (χ4n) is 3.53. The first kappa shape index (κ1) is 23.3. The first-order valence-corrected chi connectivity index (χ1v) is 10.8. The van der Waals surface area contributed by atoms with E-state index < -0.39 is 17.7 Å². The zero-order chi connectivity index (χ0) is 23.3. The van der Waals surface area contributed by atoms with E-state index in [9.17, 15) is 14.4 Å². The molecule has 2 aromatic rings. The molecule has 0 aromatic heterocycles. The van der Waals surface area contributed by atoms with Crippen LogP contribution in [-0.4, -0.2) is 47.6 Å². The predicted octanol–water partition coefficient (Wildman–Crippen LogP) is 4.21. The van der Waals surface area contributed by atoms with E-state index in [4.69, 9.17) is 9.47 Å². The highest BCUT2D eigenvalue weighted by atomic mass is 16.6. The van der Waals surface area contributed by atoms with Crippen LogP contribution in [0, 0.1) is 0 Å². The topological polar surface area (TPSA) is 84.9 Å². The van der Waals surface area contributed by atoms with Gasteiger partial charge in [-0.3, -0.25) is 14.5 Å². The fourth-order valence-corrected chi connectivity index (χ4v) is 3.53. The molecule has 0 bridgehead atoms. The average Bonchev–Trinajstić information content (AvgIpc) is 2.96. The number of nitrogens with zero attached hydrogens (tertiary/aromatic N) is 1. The van der Waals surface area contributed by atoms with Crippen molar-refractivity contribution in [3.8, 4) is 5.75 Å². The number of carbonyl (C=O) groups excluding carboxylic acids is 3. The van der Waals surface area contributed by atoms with Crippen LogP contribution >= 0.6 is 0 Å². The molecule has 3 amide bonds. The van der Waals surface area contributed by atoms with Crippen molar-refractivity contribution in [2.24, 2.45) is 0 Å². The number of hydrogen-bond acceptors (Lipinski definition) is 5. The summed E-state index contributed by atoms with van der Waals surface area (Å²) >= 11 is 0. The van der Waals surface area contributed by atoms with Gasteiger partial charge >= 0.3 is 6.09 Å². The van der Waals surface area contributed by atoms with Crippen LogP contribution in [0.1, 0.15) is 60.4 Å². The number of carbonyl (C=O) groups is 3. The monoisotopic (exact) mass is 438 g/mol. The smallest absolute Gasteiger partial charge is 0.407 e. The number of ether oxygens (including phenoxy) is 2. The predicted molar refractivity (Wildman–Crippen MR) is 121 cm³/mol. The number of fused-ring (bicyclic) bond motifs is 1. The van der Waals surface area contributed by atoms with Crippen LogP contribution in [0.2, 0.25) is 0 Å². The van der Waals surface area contributed by atoms with E-state index in [0.29, 0.717) is 24.2 Å². The number of alkyl carbamates (subject to hydrolysis) is 1. The lowest BCUT2D eigenvalue weighted by atomic mass is 10.0. The van der Waals surface area contributed by atoms with E-state index in [1.807, 2.05) is 31.2 Å². The molecule has 3 rings (SSSR count). The lowest BCUT2D eigenvalue weighted by Crippen LogP contribution is -2.48. The van der Waals surface area contributed by atoms with Crippen molar-refractivity contribution in [1.29, 1.82) is 0 Å². The van der Waals surface area contributed by atoms with Crippen LogP contribution in [0.15, 0.2) is 48.5 Å². The molecule has 0 spiro atoms. The highest BCUT2D eigenvalue weighted by Crippen LogP contribution is 2.23. The van der Waals surface area contributed by atoms with E-state index in [1.165, 1.54) is 4.90 Å². The molecule has 7 heteroatoms. The summed E-state index contributed by atoms with van der Waals surface area (Å²) in [5, 5.41) is 2.83. The maximum absolute atomic E-state index is 12.8. The molecule has 1 aliphatic heterocycles. The highest BCUT2D eigenvalue weighted by Gasteiger charge is 2.37. The molecule has 0 saturated heterocycles. The SMILES string of the molecule is CCCOc1cccc(CC(CN2C(=O)c3ccccc3C2=O)NC(=O)OC(C)(C)C)c1. The van der Waals surface area contributed by atoms with E-state index in [-0.39, 0.29) is 18.4 Å². The second-order valence-electron chi connectivity index (χ2n) is 8.81. The summed E-state index contributed by atoms with van der Waals surface area (Å²) in [6.45, 7) is 8.01. The first-order valence-electron chi connectivity index (χ1n) is 10.8. The Morgan fingerprint density at radius 3 is 2.28 bits per heavy atom. The van der Waals surface area contributed by atoms with Gasteiger partial charge in [0.15, 0.2) is 0 Å². The Bertz CT molecular complexity index is 961. The maximum Gasteiger partial charge on any atom is 0.407 e. The van der Waals surface area contributed by atoms with Crippen LogP contribution in [0.25, 0.3) is 0 Å². The summed E-state index contributed by atoms with van der Waals surface area (Å²) in [6, 6.07) is 13.8. The number of benzene rings is 2. The van der Waals surface area contributed by atoms with Crippen LogP contribution in [0.3, 0.4) is 0 Å². The summed E-state index contributed by atoms with van der Waals surface area (Å²) in [6.07, 6.45) is 0.695. The summed E-state index contributed by atoms with van der Waals surface area (Å²) in [7, 11) is 0. The minimum absolute atomic E-state index is 0.0334. The molecule has 0 saturated carbocycles. The molecule has 2 aromatic carbocycles. The van der Waals surface area contributed by atoms with E-state index >= 15 is 0 Å². The van der Waals surface area contributed by atoms with Crippen LogP contribution in [0.5, 0.6) is 5.75 Å². The number of nitrogens with one attached hydrogen (secondary N) is 1. The Morgan fingerprint density at radius 1 is 1.03 bits per heavy atom. The minimum atomic E-state index is -0.669. The van der Waals surface area contributed by atoms with Gasteiger partial charge in [-0.05, 0) is 63.4 Å². The van der Waals surface area contributed by atoms with Gasteiger partial charge in [-0.2, -0.15) is 0 Å². The lowest BCUT2D eigenvalue weighted by Gasteiger charge is -2.26. The molecule has 1 unspecified atom stereocenters. The third kappa shape index (κ3) is 5.87. The summed E-state index contributed by atoms with van der Waals surface area (Å²) in [5.74, 6) is 0.0179. The second kappa shape index (κ2) is 9.85. The Balaban J connectivity index is 1.79. The lowest BCUT2D eigenvalue weighted by molar-refractivity contribution is 0.0468. The third-order valence-corrected chi connectivity index (χ3v) is 4.86. The minimum Gasteiger partial charge on any atom is -0.494 e.